The number of halogens is 1. The molecule has 1 atom stereocenters. The Morgan fingerprint density at radius 1 is 1.27 bits per heavy atom. The highest BCUT2D eigenvalue weighted by molar-refractivity contribution is 5.85. The van der Waals surface area contributed by atoms with Crippen molar-refractivity contribution in [1.82, 2.24) is 25.5 Å². The molecule has 22 heavy (non-hydrogen) atoms. The fraction of sp³-hybridized carbons (Fsp3) is 0.643. The van der Waals surface area contributed by atoms with Gasteiger partial charge in [0, 0.05) is 25.6 Å². The van der Waals surface area contributed by atoms with Crippen molar-refractivity contribution in [1.29, 1.82) is 0 Å². The van der Waals surface area contributed by atoms with E-state index in [-0.39, 0.29) is 24.4 Å². The van der Waals surface area contributed by atoms with E-state index >= 15 is 0 Å². The summed E-state index contributed by atoms with van der Waals surface area (Å²) >= 11 is 0. The second-order valence-corrected chi connectivity index (χ2v) is 5.82. The number of nitrogens with one attached hydrogen (secondary N) is 1. The average molecular weight is 328 g/mol. The summed E-state index contributed by atoms with van der Waals surface area (Å²) in [6, 6.07) is 0.138. The van der Waals surface area contributed by atoms with Gasteiger partial charge in [-0.05, 0) is 14.0 Å². The van der Waals surface area contributed by atoms with E-state index in [1.807, 2.05) is 6.92 Å². The maximum Gasteiger partial charge on any atom is 0.263 e. The largest absolute Gasteiger partial charge is 0.360 e. The molecule has 1 aliphatic rings. The van der Waals surface area contributed by atoms with Gasteiger partial charge in [-0.2, -0.15) is 4.98 Å². The van der Waals surface area contributed by atoms with Crippen LogP contribution in [0.25, 0.3) is 11.5 Å². The van der Waals surface area contributed by atoms with E-state index in [1.54, 1.807) is 0 Å². The van der Waals surface area contributed by atoms with Crippen LogP contribution in [0.3, 0.4) is 0 Å². The fourth-order valence-electron chi connectivity index (χ4n) is 2.61. The minimum absolute atomic E-state index is 0. The maximum atomic E-state index is 5.47. The SMILES string of the molecule is Cc1noc(C(C)C)c1-c1nc(C2CNCCN2C)no1.Cl. The number of rotatable bonds is 3. The fourth-order valence-corrected chi connectivity index (χ4v) is 2.61. The molecule has 2 aromatic rings. The monoisotopic (exact) mass is 327 g/mol. The third kappa shape index (κ3) is 3.02. The van der Waals surface area contributed by atoms with Crippen LogP contribution in [0, 0.1) is 6.92 Å². The van der Waals surface area contributed by atoms with E-state index in [0.717, 1.165) is 36.7 Å². The molecule has 0 bridgehead atoms. The zero-order valence-electron chi connectivity index (χ0n) is 13.3. The van der Waals surface area contributed by atoms with Gasteiger partial charge in [0.25, 0.3) is 5.89 Å². The zero-order valence-corrected chi connectivity index (χ0v) is 14.1. The van der Waals surface area contributed by atoms with Gasteiger partial charge < -0.3 is 14.4 Å². The molecule has 0 aliphatic carbocycles. The Bertz CT molecular complexity index is 625. The lowest BCUT2D eigenvalue weighted by molar-refractivity contribution is 0.190. The second kappa shape index (κ2) is 6.76. The first-order valence-electron chi connectivity index (χ1n) is 7.29. The minimum atomic E-state index is 0. The summed E-state index contributed by atoms with van der Waals surface area (Å²) < 4.78 is 10.9. The smallest absolute Gasteiger partial charge is 0.263 e. The van der Waals surface area contributed by atoms with Crippen LogP contribution in [0.2, 0.25) is 0 Å². The van der Waals surface area contributed by atoms with E-state index in [0.29, 0.717) is 11.7 Å². The van der Waals surface area contributed by atoms with Crippen molar-refractivity contribution in [2.75, 3.05) is 26.7 Å². The Kier molecular flexibility index (Phi) is 5.20. The van der Waals surface area contributed by atoms with Crippen LogP contribution in [-0.4, -0.2) is 46.9 Å². The standard InChI is InChI=1S/C14H21N5O2.ClH/c1-8(2)12-11(9(3)17-20-12)14-16-13(18-21-14)10-7-15-5-6-19(10)4;/h8,10,15H,5-7H2,1-4H3;1H. The summed E-state index contributed by atoms with van der Waals surface area (Å²) in [5.41, 5.74) is 1.61. The lowest BCUT2D eigenvalue weighted by Gasteiger charge is -2.30. The molecule has 122 valence electrons. The summed E-state index contributed by atoms with van der Waals surface area (Å²) in [5, 5.41) is 11.5. The predicted octanol–water partition coefficient (Wildman–Crippen LogP) is 2.15. The number of hydrogen-bond donors (Lipinski definition) is 1. The Hall–Kier alpha value is -1.44. The number of aryl methyl sites for hydroxylation is 1. The Balaban J connectivity index is 0.00000176. The van der Waals surface area contributed by atoms with E-state index in [4.69, 9.17) is 9.05 Å². The normalized spacial score (nSPS) is 19.4. The van der Waals surface area contributed by atoms with Crippen LogP contribution in [0.15, 0.2) is 9.05 Å². The van der Waals surface area contributed by atoms with E-state index in [1.165, 1.54) is 0 Å². The highest BCUT2D eigenvalue weighted by Crippen LogP contribution is 2.32. The van der Waals surface area contributed by atoms with Crippen molar-refractivity contribution < 1.29 is 9.05 Å². The van der Waals surface area contributed by atoms with Crippen molar-refractivity contribution in [3.05, 3.63) is 17.3 Å². The predicted molar refractivity (Wildman–Crippen MR) is 84.1 cm³/mol. The first-order valence-corrected chi connectivity index (χ1v) is 7.29. The van der Waals surface area contributed by atoms with Gasteiger partial charge in [0.2, 0.25) is 0 Å². The van der Waals surface area contributed by atoms with Gasteiger partial charge in [-0.1, -0.05) is 24.2 Å². The van der Waals surface area contributed by atoms with Crippen molar-refractivity contribution in [2.24, 2.45) is 0 Å². The molecule has 0 saturated carbocycles. The molecule has 0 radical (unpaired) electrons. The zero-order chi connectivity index (χ0) is 15.0. The van der Waals surface area contributed by atoms with Crippen LogP contribution in [-0.2, 0) is 0 Å². The van der Waals surface area contributed by atoms with Gasteiger partial charge in [-0.3, -0.25) is 4.90 Å². The Morgan fingerprint density at radius 3 is 2.73 bits per heavy atom. The van der Waals surface area contributed by atoms with Gasteiger partial charge in [0.15, 0.2) is 11.6 Å². The summed E-state index contributed by atoms with van der Waals surface area (Å²) in [7, 11) is 2.08. The number of hydrogen-bond acceptors (Lipinski definition) is 7. The molecular formula is C14H22ClN5O2. The van der Waals surface area contributed by atoms with Crippen molar-refractivity contribution >= 4 is 12.4 Å². The van der Waals surface area contributed by atoms with E-state index in [2.05, 4.69) is 46.4 Å². The number of nitrogens with zero attached hydrogens (tertiary/aromatic N) is 4. The second-order valence-electron chi connectivity index (χ2n) is 5.82. The van der Waals surface area contributed by atoms with E-state index < -0.39 is 0 Å². The lowest BCUT2D eigenvalue weighted by Crippen LogP contribution is -2.44. The molecule has 1 aliphatic heterocycles. The molecular weight excluding hydrogens is 306 g/mol. The van der Waals surface area contributed by atoms with Gasteiger partial charge >= 0.3 is 0 Å². The first-order chi connectivity index (χ1) is 10.1. The Labute approximate surface area is 135 Å². The molecule has 1 saturated heterocycles. The molecule has 7 nitrogen and oxygen atoms in total. The number of piperazine rings is 1. The third-order valence-corrected chi connectivity index (χ3v) is 3.88. The summed E-state index contributed by atoms with van der Waals surface area (Å²) in [4.78, 5) is 6.80. The highest BCUT2D eigenvalue weighted by Gasteiger charge is 2.28. The number of likely N-dealkylation sites (N-methyl/N-ethyl adjacent to an activating group) is 1. The molecule has 3 rings (SSSR count). The van der Waals surface area contributed by atoms with Crippen LogP contribution >= 0.6 is 12.4 Å². The maximum absolute atomic E-state index is 5.47. The summed E-state index contributed by atoms with van der Waals surface area (Å²) in [5.74, 6) is 2.20. The number of aromatic nitrogens is 3. The molecule has 8 heteroatoms. The molecule has 3 heterocycles. The van der Waals surface area contributed by atoms with Crippen LogP contribution in [0.1, 0.15) is 43.1 Å². The molecule has 0 amide bonds. The van der Waals surface area contributed by atoms with Gasteiger partial charge in [0.05, 0.1) is 11.7 Å². The molecule has 2 aromatic heterocycles. The highest BCUT2D eigenvalue weighted by atomic mass is 35.5. The van der Waals surface area contributed by atoms with Crippen LogP contribution in [0.4, 0.5) is 0 Å². The minimum Gasteiger partial charge on any atom is -0.360 e. The quantitative estimate of drug-likeness (QED) is 0.925. The molecule has 0 aromatic carbocycles. The molecule has 1 unspecified atom stereocenters. The van der Waals surface area contributed by atoms with Crippen molar-refractivity contribution in [3.8, 4) is 11.5 Å². The van der Waals surface area contributed by atoms with Gasteiger partial charge in [-0.15, -0.1) is 12.4 Å². The lowest BCUT2D eigenvalue weighted by atomic mass is 10.1. The average Bonchev–Trinajstić information content (AvgIpc) is 3.05. The van der Waals surface area contributed by atoms with Gasteiger partial charge in [0.1, 0.15) is 5.56 Å². The van der Waals surface area contributed by atoms with Crippen molar-refractivity contribution in [3.63, 3.8) is 0 Å². The van der Waals surface area contributed by atoms with Crippen molar-refractivity contribution in [2.45, 2.75) is 32.7 Å². The summed E-state index contributed by atoms with van der Waals surface area (Å²) in [6.45, 7) is 8.79. The van der Waals surface area contributed by atoms with E-state index in [9.17, 15) is 0 Å². The van der Waals surface area contributed by atoms with Crippen LogP contribution in [0.5, 0.6) is 0 Å². The van der Waals surface area contributed by atoms with Crippen LogP contribution < -0.4 is 5.32 Å². The third-order valence-electron chi connectivity index (χ3n) is 3.88. The topological polar surface area (TPSA) is 80.2 Å². The molecule has 1 N–H and O–H groups in total. The Morgan fingerprint density at radius 2 is 2.05 bits per heavy atom. The first kappa shape index (κ1) is 16.9. The summed E-state index contributed by atoms with van der Waals surface area (Å²) in [6.07, 6.45) is 0. The molecule has 0 spiro atoms. The molecule has 1 fully saturated rings. The van der Waals surface area contributed by atoms with Gasteiger partial charge in [-0.25, -0.2) is 0 Å².